The predicted octanol–water partition coefficient (Wildman–Crippen LogP) is -11.9. The summed E-state index contributed by atoms with van der Waals surface area (Å²) in [5.74, 6) is 0. The Morgan fingerprint density at radius 3 is 0.821 bits per heavy atom. The topological polar surface area (TPSA) is 427 Å². The molecule has 5 fully saturated rings. The van der Waals surface area contributed by atoms with Gasteiger partial charge in [-0.05, 0) is 0 Å². The van der Waals surface area contributed by atoms with Crippen LogP contribution in [0.1, 0.15) is 0 Å². The van der Waals surface area contributed by atoms with Crippen LogP contribution in [0.4, 0.5) is 0 Å². The molecule has 0 aliphatic carbocycles. The van der Waals surface area contributed by atoms with Gasteiger partial charge < -0.3 is 129 Å². The Bertz CT molecular complexity index is 1200. The molecule has 0 saturated carbocycles. The van der Waals surface area contributed by atoms with Crippen molar-refractivity contribution in [2.24, 2.45) is 0 Å². The molecule has 5 saturated heterocycles. The number of hydrogen-bond donors (Lipinski definition) is 17. The highest BCUT2D eigenvalue weighted by Crippen LogP contribution is 2.35. The van der Waals surface area contributed by atoms with Crippen LogP contribution in [0.25, 0.3) is 0 Å². The monoisotopic (exact) mass is 828 g/mol. The van der Waals surface area contributed by atoms with Gasteiger partial charge >= 0.3 is 0 Å². The molecule has 0 amide bonds. The van der Waals surface area contributed by atoms with Crippen LogP contribution < -0.4 is 0 Å². The molecular weight excluding hydrogens is 776 g/mol. The smallest absolute Gasteiger partial charge is 0.187 e. The van der Waals surface area contributed by atoms with E-state index in [2.05, 4.69) is 0 Å². The van der Waals surface area contributed by atoms with Gasteiger partial charge in [0.2, 0.25) is 0 Å². The van der Waals surface area contributed by atoms with Gasteiger partial charge in [0.25, 0.3) is 0 Å². The van der Waals surface area contributed by atoms with Gasteiger partial charge in [0.1, 0.15) is 122 Å². The van der Waals surface area contributed by atoms with Gasteiger partial charge in [-0.15, -0.1) is 0 Å². The van der Waals surface area contributed by atoms with Gasteiger partial charge in [-0.1, -0.05) is 0 Å². The first-order chi connectivity index (χ1) is 26.5. The molecule has 26 nitrogen and oxygen atoms in total. The Hall–Kier alpha value is -1.04. The third kappa shape index (κ3) is 9.16. The van der Waals surface area contributed by atoms with Gasteiger partial charge in [0.15, 0.2) is 31.5 Å². The molecule has 0 aromatic carbocycles. The molecule has 5 aliphatic rings. The van der Waals surface area contributed by atoms with Crippen LogP contribution in [0.3, 0.4) is 0 Å². The minimum Gasteiger partial charge on any atom is -0.394 e. The largest absolute Gasteiger partial charge is 0.394 e. The molecule has 0 radical (unpaired) electrons. The fraction of sp³-hybridized carbons (Fsp3) is 1.00. The molecule has 26 heteroatoms. The Labute approximate surface area is 316 Å². The number of rotatable bonds is 13. The Morgan fingerprint density at radius 2 is 0.518 bits per heavy atom. The molecule has 17 N–H and O–H groups in total. The molecule has 25 atom stereocenters. The van der Waals surface area contributed by atoms with E-state index in [0.717, 1.165) is 0 Å². The zero-order chi connectivity index (χ0) is 41.3. The minimum atomic E-state index is -2.12. The van der Waals surface area contributed by atoms with Crippen LogP contribution in [0.15, 0.2) is 0 Å². The van der Waals surface area contributed by atoms with E-state index >= 15 is 0 Å². The first-order valence-electron chi connectivity index (χ1n) is 17.6. The number of aliphatic hydroxyl groups is 17. The van der Waals surface area contributed by atoms with Crippen LogP contribution in [-0.4, -0.2) is 273 Å². The van der Waals surface area contributed by atoms with Gasteiger partial charge in [-0.2, -0.15) is 0 Å². The van der Waals surface area contributed by atoms with Crippen molar-refractivity contribution in [1.82, 2.24) is 0 Å². The Kier molecular flexibility index (Phi) is 16.1. The van der Waals surface area contributed by atoms with E-state index in [1.807, 2.05) is 0 Å². The molecule has 0 aromatic heterocycles. The summed E-state index contributed by atoms with van der Waals surface area (Å²) >= 11 is 0. The Balaban J connectivity index is 1.22. The lowest BCUT2D eigenvalue weighted by atomic mass is 9.95. The summed E-state index contributed by atoms with van der Waals surface area (Å²) in [7, 11) is 0. The van der Waals surface area contributed by atoms with E-state index in [4.69, 9.17) is 42.6 Å². The fourth-order valence-electron chi connectivity index (χ4n) is 7.03. The van der Waals surface area contributed by atoms with Crippen molar-refractivity contribution in [1.29, 1.82) is 0 Å². The average Bonchev–Trinajstić information content (AvgIpc) is 3.19. The second kappa shape index (κ2) is 19.6. The molecule has 5 aliphatic heterocycles. The minimum absolute atomic E-state index is 0.811. The lowest BCUT2D eigenvalue weighted by molar-refractivity contribution is -0.392. The van der Waals surface area contributed by atoms with E-state index in [0.29, 0.717) is 0 Å². The number of ether oxygens (including phenoxy) is 9. The third-order valence-corrected chi connectivity index (χ3v) is 10.3. The zero-order valence-corrected chi connectivity index (χ0v) is 29.2. The molecule has 0 aromatic rings. The molecule has 0 bridgehead atoms. The van der Waals surface area contributed by atoms with E-state index in [1.54, 1.807) is 0 Å². The first kappa shape index (κ1) is 46.0. The maximum atomic E-state index is 11.1. The lowest BCUT2D eigenvalue weighted by Gasteiger charge is -2.49. The summed E-state index contributed by atoms with van der Waals surface area (Å²) in [5, 5.41) is 176. The second-order valence-electron chi connectivity index (χ2n) is 13.9. The summed E-state index contributed by atoms with van der Waals surface area (Å²) in [5.41, 5.74) is 0. The highest BCUT2D eigenvalue weighted by molar-refractivity contribution is 4.99. The van der Waals surface area contributed by atoms with E-state index in [9.17, 15) is 86.8 Å². The summed E-state index contributed by atoms with van der Waals surface area (Å²) in [6.07, 6.45) is -45.8. The van der Waals surface area contributed by atoms with Crippen LogP contribution in [-0.2, 0) is 42.6 Å². The third-order valence-electron chi connectivity index (χ3n) is 10.3. The van der Waals surface area contributed by atoms with Crippen molar-refractivity contribution in [2.75, 3.05) is 33.0 Å². The summed E-state index contributed by atoms with van der Waals surface area (Å²) in [6.45, 7) is -4.51. The van der Waals surface area contributed by atoms with Crippen molar-refractivity contribution in [3.05, 3.63) is 0 Å². The van der Waals surface area contributed by atoms with Crippen molar-refractivity contribution in [2.45, 2.75) is 154 Å². The fourth-order valence-corrected chi connectivity index (χ4v) is 7.03. The quantitative estimate of drug-likeness (QED) is 0.0819. The molecule has 5 heterocycles. The van der Waals surface area contributed by atoms with Crippen LogP contribution >= 0.6 is 0 Å². The summed E-state index contributed by atoms with van der Waals surface area (Å²) in [6, 6.07) is 0. The first-order valence-corrected chi connectivity index (χ1v) is 17.6. The van der Waals surface area contributed by atoms with Gasteiger partial charge in [0, 0.05) is 0 Å². The molecule has 328 valence electrons. The van der Waals surface area contributed by atoms with Crippen molar-refractivity contribution in [3.63, 3.8) is 0 Å². The van der Waals surface area contributed by atoms with Crippen molar-refractivity contribution in [3.8, 4) is 0 Å². The number of hydrogen-bond acceptors (Lipinski definition) is 26. The highest BCUT2D eigenvalue weighted by Gasteiger charge is 2.56. The normalized spacial score (nSPS) is 53.2. The maximum absolute atomic E-state index is 11.1. The molecule has 5 rings (SSSR count). The second-order valence-corrected chi connectivity index (χ2v) is 13.9. The summed E-state index contributed by atoms with van der Waals surface area (Å²) in [4.78, 5) is 0. The van der Waals surface area contributed by atoms with E-state index < -0.39 is 187 Å². The molecular formula is C30H52O26. The van der Waals surface area contributed by atoms with E-state index in [1.165, 1.54) is 0 Å². The van der Waals surface area contributed by atoms with Crippen LogP contribution in [0.5, 0.6) is 0 Å². The Morgan fingerprint density at radius 1 is 0.268 bits per heavy atom. The predicted molar refractivity (Wildman–Crippen MR) is 167 cm³/mol. The molecule has 56 heavy (non-hydrogen) atoms. The number of aliphatic hydroxyl groups excluding tert-OH is 17. The average molecular weight is 829 g/mol. The standard InChI is InChI=1S/C30H52O26/c31-1-6-11(36)12(37)18(43)27(49-6)54-23-8(3-33)51-29(20(45)14(23)39)56-25-10(5-35)52-30(21(46)16(25)41)55-24-9(4-34)50-28(19(44)15(24)40)53-22-7(2-32)48-26(47)17(42)13(22)38/h6-47H,1-5H2/t6-,7-,8-,9-,10-,11+,12+,13-,14-,15-,16-,17-,18-,19-,20-,21-,22+,23+,24+,25+,26?,27-,28-,29-,30-/m1/s1. The van der Waals surface area contributed by atoms with Crippen LogP contribution in [0, 0.1) is 0 Å². The van der Waals surface area contributed by atoms with E-state index in [-0.39, 0.29) is 0 Å². The molecule has 0 spiro atoms. The van der Waals surface area contributed by atoms with Crippen molar-refractivity contribution >= 4 is 0 Å². The SMILES string of the molecule is OC[C@H]1O[C@H](O[C@@H]2[C@H](O)[C@@H](O)[C@@H](O[C@@H]3[C@H](O)[C@@H](O)[C@@H](O[C@@H]4[C@H](O)[C@@H](O)[C@@H](O[C@@H]5[C@H](O)[C@@H](O)C(O)O[C@@H]5CO)O[C@@H]4CO)O[C@@H]3CO)O[C@@H]2CO)[C@H](O)[C@@H](O)[C@H]1O. The van der Waals surface area contributed by atoms with Crippen LogP contribution in [0.2, 0.25) is 0 Å². The molecule has 1 unspecified atom stereocenters. The lowest BCUT2D eigenvalue weighted by Crippen LogP contribution is -2.68. The maximum Gasteiger partial charge on any atom is 0.187 e. The highest BCUT2D eigenvalue weighted by atomic mass is 16.8. The zero-order valence-electron chi connectivity index (χ0n) is 29.2. The van der Waals surface area contributed by atoms with Gasteiger partial charge in [0.05, 0.1) is 33.0 Å². The van der Waals surface area contributed by atoms with Crippen molar-refractivity contribution < 1.29 is 129 Å². The van der Waals surface area contributed by atoms with Gasteiger partial charge in [-0.3, -0.25) is 0 Å². The summed E-state index contributed by atoms with van der Waals surface area (Å²) < 4.78 is 49.1. The van der Waals surface area contributed by atoms with Gasteiger partial charge in [-0.25, -0.2) is 0 Å².